The lowest BCUT2D eigenvalue weighted by molar-refractivity contribution is 0.144. The molecule has 3 N–H and O–H groups in total. The Morgan fingerprint density at radius 2 is 2.00 bits per heavy atom. The zero-order chi connectivity index (χ0) is 12.0. The Hall–Kier alpha value is -0.120. The third-order valence-electron chi connectivity index (χ3n) is 3.76. The molecule has 16 heavy (non-hydrogen) atoms. The molecule has 1 aliphatic rings. The van der Waals surface area contributed by atoms with Crippen LogP contribution in [0.2, 0.25) is 0 Å². The van der Waals surface area contributed by atoms with Gasteiger partial charge in [0.2, 0.25) is 0 Å². The average molecular weight is 228 g/mol. The lowest BCUT2D eigenvalue weighted by atomic mass is 9.92. The van der Waals surface area contributed by atoms with Gasteiger partial charge in [-0.15, -0.1) is 0 Å². The molecule has 3 nitrogen and oxygen atoms in total. The Balaban J connectivity index is 2.17. The molecule has 1 atom stereocenters. The maximum absolute atomic E-state index is 9.09. The summed E-state index contributed by atoms with van der Waals surface area (Å²) in [5.41, 5.74) is 5.53. The molecule has 0 aromatic carbocycles. The van der Waals surface area contributed by atoms with Crippen LogP contribution < -0.4 is 5.73 Å². The van der Waals surface area contributed by atoms with E-state index in [9.17, 15) is 0 Å². The summed E-state index contributed by atoms with van der Waals surface area (Å²) in [6.07, 6.45) is 6.28. The Kier molecular flexibility index (Phi) is 5.73. The van der Waals surface area contributed by atoms with Crippen molar-refractivity contribution in [3.8, 4) is 0 Å². The predicted molar refractivity (Wildman–Crippen MR) is 68.4 cm³/mol. The molecule has 0 aromatic rings. The maximum Gasteiger partial charge on any atom is 0.0608 e. The summed E-state index contributed by atoms with van der Waals surface area (Å²) >= 11 is 0. The van der Waals surface area contributed by atoms with E-state index in [1.54, 1.807) is 0 Å². The van der Waals surface area contributed by atoms with E-state index in [4.69, 9.17) is 10.8 Å². The first kappa shape index (κ1) is 13.9. The van der Waals surface area contributed by atoms with Crippen LogP contribution in [-0.4, -0.2) is 41.8 Å². The Bertz CT molecular complexity index is 186. The summed E-state index contributed by atoms with van der Waals surface area (Å²) in [5, 5.41) is 9.09. The van der Waals surface area contributed by atoms with Crippen molar-refractivity contribution in [2.45, 2.75) is 51.5 Å². The van der Waals surface area contributed by atoms with Crippen molar-refractivity contribution in [2.75, 3.05) is 26.2 Å². The zero-order valence-corrected chi connectivity index (χ0v) is 10.9. The highest BCUT2D eigenvalue weighted by Gasteiger charge is 2.22. The molecular weight excluding hydrogens is 200 g/mol. The standard InChI is InChI=1S/C13H28N2O/c1-3-4-12-5-8-15(9-6-12)10-7-13(2,14)11-16/h12,16H,3-11,14H2,1-2H3. The molecule has 96 valence electrons. The van der Waals surface area contributed by atoms with Crippen LogP contribution in [0.15, 0.2) is 0 Å². The van der Waals surface area contributed by atoms with Crippen molar-refractivity contribution in [1.29, 1.82) is 0 Å². The number of aliphatic hydroxyl groups excluding tert-OH is 1. The fourth-order valence-electron chi connectivity index (χ4n) is 2.40. The number of hydrogen-bond donors (Lipinski definition) is 2. The van der Waals surface area contributed by atoms with E-state index >= 15 is 0 Å². The lowest BCUT2D eigenvalue weighted by Crippen LogP contribution is -2.44. The van der Waals surface area contributed by atoms with E-state index < -0.39 is 5.54 Å². The molecule has 1 heterocycles. The Labute approximate surface area is 100 Å². The highest BCUT2D eigenvalue weighted by molar-refractivity contribution is 4.80. The molecule has 1 rings (SSSR count). The van der Waals surface area contributed by atoms with Gasteiger partial charge in [0, 0.05) is 5.54 Å². The minimum Gasteiger partial charge on any atom is -0.394 e. The quantitative estimate of drug-likeness (QED) is 0.726. The molecule has 0 aromatic heterocycles. The molecule has 1 aliphatic heterocycles. The molecule has 0 amide bonds. The molecule has 0 saturated carbocycles. The largest absolute Gasteiger partial charge is 0.394 e. The van der Waals surface area contributed by atoms with Gasteiger partial charge in [-0.25, -0.2) is 0 Å². The third kappa shape index (κ3) is 4.81. The summed E-state index contributed by atoms with van der Waals surface area (Å²) in [7, 11) is 0. The van der Waals surface area contributed by atoms with Gasteiger partial charge in [-0.1, -0.05) is 19.8 Å². The van der Waals surface area contributed by atoms with Crippen molar-refractivity contribution in [1.82, 2.24) is 4.90 Å². The summed E-state index contributed by atoms with van der Waals surface area (Å²) in [4.78, 5) is 2.49. The second-order valence-electron chi connectivity index (χ2n) is 5.64. The van der Waals surface area contributed by atoms with Crippen LogP contribution in [0.4, 0.5) is 0 Å². The molecule has 0 bridgehead atoms. The molecule has 0 spiro atoms. The van der Waals surface area contributed by atoms with E-state index in [0.717, 1.165) is 18.9 Å². The highest BCUT2D eigenvalue weighted by atomic mass is 16.3. The second-order valence-corrected chi connectivity index (χ2v) is 5.64. The average Bonchev–Trinajstić information content (AvgIpc) is 2.29. The first-order chi connectivity index (χ1) is 7.57. The Morgan fingerprint density at radius 3 is 2.50 bits per heavy atom. The monoisotopic (exact) mass is 228 g/mol. The van der Waals surface area contributed by atoms with Crippen LogP contribution in [0.25, 0.3) is 0 Å². The first-order valence-corrected chi connectivity index (χ1v) is 6.69. The van der Waals surface area contributed by atoms with Crippen LogP contribution >= 0.6 is 0 Å². The third-order valence-corrected chi connectivity index (χ3v) is 3.76. The van der Waals surface area contributed by atoms with E-state index in [0.29, 0.717) is 0 Å². The number of likely N-dealkylation sites (tertiary alicyclic amines) is 1. The van der Waals surface area contributed by atoms with Crippen molar-refractivity contribution < 1.29 is 5.11 Å². The smallest absolute Gasteiger partial charge is 0.0608 e. The van der Waals surface area contributed by atoms with Crippen LogP contribution in [0.1, 0.15) is 46.0 Å². The topological polar surface area (TPSA) is 49.5 Å². The summed E-state index contributed by atoms with van der Waals surface area (Å²) in [5.74, 6) is 0.948. The van der Waals surface area contributed by atoms with Gasteiger partial charge in [0.1, 0.15) is 0 Å². The van der Waals surface area contributed by atoms with Gasteiger partial charge in [-0.3, -0.25) is 0 Å². The number of rotatable bonds is 6. The van der Waals surface area contributed by atoms with Crippen LogP contribution in [0.3, 0.4) is 0 Å². The summed E-state index contributed by atoms with van der Waals surface area (Å²) < 4.78 is 0. The molecule has 0 aliphatic carbocycles. The van der Waals surface area contributed by atoms with Crippen molar-refractivity contribution >= 4 is 0 Å². The van der Waals surface area contributed by atoms with E-state index in [1.165, 1.54) is 38.8 Å². The minimum atomic E-state index is -0.403. The van der Waals surface area contributed by atoms with Gasteiger partial charge in [-0.2, -0.15) is 0 Å². The van der Waals surface area contributed by atoms with Gasteiger partial charge in [0.05, 0.1) is 6.61 Å². The number of nitrogens with two attached hydrogens (primary N) is 1. The number of hydrogen-bond acceptors (Lipinski definition) is 3. The highest BCUT2D eigenvalue weighted by Crippen LogP contribution is 2.22. The predicted octanol–water partition coefficient (Wildman–Crippen LogP) is 1.60. The van der Waals surface area contributed by atoms with E-state index in [2.05, 4.69) is 11.8 Å². The number of aliphatic hydroxyl groups is 1. The van der Waals surface area contributed by atoms with E-state index in [-0.39, 0.29) is 6.61 Å². The zero-order valence-electron chi connectivity index (χ0n) is 10.9. The summed E-state index contributed by atoms with van der Waals surface area (Å²) in [6, 6.07) is 0. The molecular formula is C13H28N2O. The van der Waals surface area contributed by atoms with Crippen molar-refractivity contribution in [2.24, 2.45) is 11.7 Å². The molecule has 1 fully saturated rings. The molecule has 3 heteroatoms. The van der Waals surface area contributed by atoms with Crippen molar-refractivity contribution in [3.05, 3.63) is 0 Å². The van der Waals surface area contributed by atoms with E-state index in [1.807, 2.05) is 6.92 Å². The minimum absolute atomic E-state index is 0.0826. The van der Waals surface area contributed by atoms with Crippen LogP contribution in [0.5, 0.6) is 0 Å². The lowest BCUT2D eigenvalue weighted by Gasteiger charge is -2.34. The number of piperidine rings is 1. The summed E-state index contributed by atoms with van der Waals surface area (Å²) in [6.45, 7) is 7.74. The second kappa shape index (κ2) is 6.58. The van der Waals surface area contributed by atoms with Gasteiger partial charge in [-0.05, 0) is 51.7 Å². The maximum atomic E-state index is 9.09. The SMILES string of the molecule is CCCC1CCN(CCC(C)(N)CO)CC1. The van der Waals surface area contributed by atoms with Crippen LogP contribution in [0, 0.1) is 5.92 Å². The van der Waals surface area contributed by atoms with Gasteiger partial charge in [0.25, 0.3) is 0 Å². The van der Waals surface area contributed by atoms with Gasteiger partial charge < -0.3 is 15.7 Å². The fourth-order valence-corrected chi connectivity index (χ4v) is 2.40. The Morgan fingerprint density at radius 1 is 1.38 bits per heavy atom. The van der Waals surface area contributed by atoms with Crippen LogP contribution in [-0.2, 0) is 0 Å². The first-order valence-electron chi connectivity index (χ1n) is 6.69. The molecule has 1 unspecified atom stereocenters. The normalized spacial score (nSPS) is 23.2. The molecule has 0 radical (unpaired) electrons. The number of nitrogens with zero attached hydrogens (tertiary/aromatic N) is 1. The van der Waals surface area contributed by atoms with Gasteiger partial charge >= 0.3 is 0 Å². The van der Waals surface area contributed by atoms with Crippen molar-refractivity contribution in [3.63, 3.8) is 0 Å². The fraction of sp³-hybridized carbons (Fsp3) is 1.00. The van der Waals surface area contributed by atoms with Gasteiger partial charge in [0.15, 0.2) is 0 Å². The molecule has 1 saturated heterocycles.